The Kier molecular flexibility index (Phi) is 4.74. The predicted molar refractivity (Wildman–Crippen MR) is 69.6 cm³/mol. The van der Waals surface area contributed by atoms with Crippen LogP contribution in [-0.4, -0.2) is 11.5 Å². The van der Waals surface area contributed by atoms with Crippen molar-refractivity contribution in [3.63, 3.8) is 0 Å². The zero-order valence-corrected chi connectivity index (χ0v) is 11.2. The number of hydrogen-bond acceptors (Lipinski definition) is 3. The van der Waals surface area contributed by atoms with Crippen molar-refractivity contribution in [1.29, 1.82) is 0 Å². The minimum atomic E-state index is 0.231. The van der Waals surface area contributed by atoms with Crippen LogP contribution in [0.4, 0.5) is 0 Å². The highest BCUT2D eigenvalue weighted by atomic mass is 33.1. The van der Waals surface area contributed by atoms with Gasteiger partial charge in [0, 0.05) is 4.90 Å². The molecule has 1 aromatic carbocycles. The van der Waals surface area contributed by atoms with Crippen LogP contribution < -0.4 is 0 Å². The van der Waals surface area contributed by atoms with Crippen LogP contribution in [-0.2, 0) is 4.79 Å². The zero-order chi connectivity index (χ0) is 11.4. The summed E-state index contributed by atoms with van der Waals surface area (Å²) < 4.78 is 0. The Morgan fingerprint density at radius 1 is 1.20 bits per heavy atom. The Balaban J connectivity index is 2.72. The first-order chi connectivity index (χ1) is 7.00. The van der Waals surface area contributed by atoms with Gasteiger partial charge in [-0.2, -0.15) is 0 Å². The maximum atomic E-state index is 10.8. The molecule has 0 fully saturated rings. The molecule has 0 unspecified atom stereocenters. The number of benzene rings is 1. The summed E-state index contributed by atoms with van der Waals surface area (Å²) in [6.45, 7) is 7.98. The van der Waals surface area contributed by atoms with Crippen molar-refractivity contribution < 1.29 is 4.79 Å². The Hall–Kier alpha value is -0.410. The number of aryl methyl sites for hydroxylation is 3. The molecule has 15 heavy (non-hydrogen) atoms. The summed E-state index contributed by atoms with van der Waals surface area (Å²) in [4.78, 5) is 12.1. The molecule has 0 aliphatic heterocycles. The number of carbonyl (C=O) groups is 1. The highest BCUT2D eigenvalue weighted by molar-refractivity contribution is 8.76. The number of ketones is 1. The summed E-state index contributed by atoms with van der Waals surface area (Å²) in [5.41, 5.74) is 3.90. The molecule has 0 saturated heterocycles. The second-order valence-electron chi connectivity index (χ2n) is 3.78. The first kappa shape index (κ1) is 12.7. The third kappa shape index (κ3) is 3.92. The minimum Gasteiger partial charge on any atom is -0.299 e. The van der Waals surface area contributed by atoms with Crippen LogP contribution in [0.3, 0.4) is 0 Å². The molecule has 0 saturated carbocycles. The summed E-state index contributed by atoms with van der Waals surface area (Å²) in [5.74, 6) is 0.812. The number of carbonyl (C=O) groups excluding carboxylic acids is 1. The van der Waals surface area contributed by atoms with Gasteiger partial charge in [-0.05, 0) is 38.8 Å². The summed E-state index contributed by atoms with van der Waals surface area (Å²) in [6, 6.07) is 4.37. The van der Waals surface area contributed by atoms with E-state index in [9.17, 15) is 4.79 Å². The first-order valence-corrected chi connectivity index (χ1v) is 7.19. The van der Waals surface area contributed by atoms with Crippen molar-refractivity contribution >= 4 is 27.4 Å². The van der Waals surface area contributed by atoms with E-state index >= 15 is 0 Å². The van der Waals surface area contributed by atoms with Gasteiger partial charge < -0.3 is 0 Å². The summed E-state index contributed by atoms with van der Waals surface area (Å²) in [6.07, 6.45) is 0. The molecule has 0 heterocycles. The molecule has 1 nitrogen and oxygen atoms in total. The van der Waals surface area contributed by atoms with Crippen LogP contribution in [0.5, 0.6) is 0 Å². The van der Waals surface area contributed by atoms with E-state index in [4.69, 9.17) is 0 Å². The maximum Gasteiger partial charge on any atom is 0.140 e. The molecule has 0 N–H and O–H groups in total. The van der Waals surface area contributed by atoms with Crippen LogP contribution in [0.25, 0.3) is 0 Å². The van der Waals surface area contributed by atoms with Gasteiger partial charge in [0.25, 0.3) is 0 Å². The molecule has 0 bridgehead atoms. The SMILES string of the molecule is CC(=O)CSSc1c(C)cc(C)cc1C. The van der Waals surface area contributed by atoms with Crippen LogP contribution in [0.15, 0.2) is 17.0 Å². The Morgan fingerprint density at radius 3 is 2.20 bits per heavy atom. The van der Waals surface area contributed by atoms with E-state index in [0.29, 0.717) is 5.75 Å². The average molecular weight is 240 g/mol. The second kappa shape index (κ2) is 5.61. The van der Waals surface area contributed by atoms with Crippen LogP contribution in [0.1, 0.15) is 23.6 Å². The van der Waals surface area contributed by atoms with E-state index in [-0.39, 0.29) is 5.78 Å². The standard InChI is InChI=1S/C12H16OS2/c1-8-5-9(2)12(10(3)6-8)15-14-7-11(4)13/h5-6H,7H2,1-4H3. The molecule has 0 radical (unpaired) electrons. The quantitative estimate of drug-likeness (QED) is 0.742. The predicted octanol–water partition coefficient (Wildman–Crippen LogP) is 3.94. The van der Waals surface area contributed by atoms with Crippen LogP contribution in [0, 0.1) is 20.8 Å². The lowest BCUT2D eigenvalue weighted by atomic mass is 10.1. The third-order valence-electron chi connectivity index (χ3n) is 2.01. The Labute approximate surface area is 99.4 Å². The average Bonchev–Trinajstić information content (AvgIpc) is 2.08. The summed E-state index contributed by atoms with van der Waals surface area (Å²) in [5, 5.41) is 0. The molecule has 1 aromatic rings. The Bertz CT molecular complexity index is 349. The van der Waals surface area contributed by atoms with Gasteiger partial charge in [-0.25, -0.2) is 0 Å². The van der Waals surface area contributed by atoms with E-state index in [1.165, 1.54) is 21.6 Å². The van der Waals surface area contributed by atoms with E-state index in [2.05, 4.69) is 32.9 Å². The van der Waals surface area contributed by atoms with Gasteiger partial charge in [0.2, 0.25) is 0 Å². The topological polar surface area (TPSA) is 17.1 Å². The fourth-order valence-electron chi connectivity index (χ4n) is 1.47. The highest BCUT2D eigenvalue weighted by Crippen LogP contribution is 2.36. The molecule has 3 heteroatoms. The van der Waals surface area contributed by atoms with E-state index in [1.807, 2.05) is 0 Å². The monoisotopic (exact) mass is 240 g/mol. The fraction of sp³-hybridized carbons (Fsp3) is 0.417. The molecular weight excluding hydrogens is 224 g/mol. The molecule has 0 atom stereocenters. The lowest BCUT2D eigenvalue weighted by Crippen LogP contribution is -1.91. The molecule has 0 aromatic heterocycles. The van der Waals surface area contributed by atoms with Crippen molar-refractivity contribution in [3.05, 3.63) is 28.8 Å². The molecule has 0 aliphatic carbocycles. The van der Waals surface area contributed by atoms with Crippen molar-refractivity contribution in [1.82, 2.24) is 0 Å². The van der Waals surface area contributed by atoms with E-state index in [1.54, 1.807) is 28.5 Å². The van der Waals surface area contributed by atoms with Gasteiger partial charge in [-0.3, -0.25) is 4.79 Å². The first-order valence-electron chi connectivity index (χ1n) is 4.87. The summed E-state index contributed by atoms with van der Waals surface area (Å²) >= 11 is 0. The van der Waals surface area contributed by atoms with Gasteiger partial charge >= 0.3 is 0 Å². The normalized spacial score (nSPS) is 10.4. The molecule has 0 amide bonds. The second-order valence-corrected chi connectivity index (χ2v) is 6.08. The van der Waals surface area contributed by atoms with Gasteiger partial charge in [0.1, 0.15) is 5.78 Å². The molecule has 0 spiro atoms. The Morgan fingerprint density at radius 2 is 1.73 bits per heavy atom. The van der Waals surface area contributed by atoms with Gasteiger partial charge in [0.15, 0.2) is 0 Å². The smallest absolute Gasteiger partial charge is 0.140 e. The number of Topliss-reactive ketones (excluding diaryl/α,β-unsaturated/α-hetero) is 1. The van der Waals surface area contributed by atoms with Crippen molar-refractivity contribution in [3.8, 4) is 0 Å². The molecular formula is C12H16OS2. The lowest BCUT2D eigenvalue weighted by Gasteiger charge is -2.09. The van der Waals surface area contributed by atoms with Crippen molar-refractivity contribution in [2.24, 2.45) is 0 Å². The highest BCUT2D eigenvalue weighted by Gasteiger charge is 2.05. The van der Waals surface area contributed by atoms with Gasteiger partial charge in [-0.15, -0.1) is 0 Å². The van der Waals surface area contributed by atoms with Crippen molar-refractivity contribution in [2.75, 3.05) is 5.75 Å². The fourth-order valence-corrected chi connectivity index (χ4v) is 4.01. The third-order valence-corrected chi connectivity index (χ3v) is 4.67. The molecule has 0 aliphatic rings. The number of rotatable bonds is 4. The summed E-state index contributed by atoms with van der Waals surface area (Å²) in [7, 11) is 3.32. The lowest BCUT2D eigenvalue weighted by molar-refractivity contribution is -0.114. The van der Waals surface area contributed by atoms with Crippen molar-refractivity contribution in [2.45, 2.75) is 32.6 Å². The van der Waals surface area contributed by atoms with Crippen LogP contribution >= 0.6 is 21.6 Å². The van der Waals surface area contributed by atoms with Crippen LogP contribution in [0.2, 0.25) is 0 Å². The minimum absolute atomic E-state index is 0.231. The molecule has 1 rings (SSSR count). The van der Waals surface area contributed by atoms with E-state index in [0.717, 1.165) is 0 Å². The largest absolute Gasteiger partial charge is 0.299 e. The van der Waals surface area contributed by atoms with Gasteiger partial charge in [-0.1, -0.05) is 39.3 Å². The maximum absolute atomic E-state index is 10.8. The van der Waals surface area contributed by atoms with Gasteiger partial charge in [0.05, 0.1) is 5.75 Å². The zero-order valence-electron chi connectivity index (χ0n) is 9.59. The molecule has 82 valence electrons. The number of hydrogen-bond donors (Lipinski definition) is 0. The van der Waals surface area contributed by atoms with E-state index < -0.39 is 0 Å².